The van der Waals surface area contributed by atoms with E-state index in [4.69, 9.17) is 10.5 Å². The molecule has 88 valence electrons. The van der Waals surface area contributed by atoms with Crippen molar-refractivity contribution >= 4 is 6.09 Å². The van der Waals surface area contributed by atoms with Gasteiger partial charge in [0.25, 0.3) is 0 Å². The highest BCUT2D eigenvalue weighted by Crippen LogP contribution is 2.17. The Bertz CT molecular complexity index is 211. The zero-order valence-electron chi connectivity index (χ0n) is 9.71. The lowest BCUT2D eigenvalue weighted by Crippen LogP contribution is -2.43. The molecule has 4 nitrogen and oxygen atoms in total. The Morgan fingerprint density at radius 1 is 1.53 bits per heavy atom. The van der Waals surface area contributed by atoms with Crippen molar-refractivity contribution in [1.29, 1.82) is 0 Å². The summed E-state index contributed by atoms with van der Waals surface area (Å²) in [7, 11) is 0. The molecule has 1 aliphatic carbocycles. The largest absolute Gasteiger partial charge is 0.448 e. The van der Waals surface area contributed by atoms with Crippen LogP contribution in [0.2, 0.25) is 0 Å². The Balaban J connectivity index is 2.18. The van der Waals surface area contributed by atoms with Crippen LogP contribution in [0.15, 0.2) is 0 Å². The number of ether oxygens (including phenoxy) is 1. The third-order valence-corrected chi connectivity index (χ3v) is 3.02. The number of hydrogen-bond acceptors (Lipinski definition) is 3. The third-order valence-electron chi connectivity index (χ3n) is 3.02. The maximum atomic E-state index is 11.4. The van der Waals surface area contributed by atoms with E-state index in [1.54, 1.807) is 0 Å². The van der Waals surface area contributed by atoms with Crippen molar-refractivity contribution in [2.24, 2.45) is 5.73 Å². The monoisotopic (exact) mass is 214 g/mol. The van der Waals surface area contributed by atoms with Crippen LogP contribution in [0.3, 0.4) is 0 Å². The van der Waals surface area contributed by atoms with Crippen molar-refractivity contribution in [2.45, 2.75) is 57.5 Å². The normalized spacial score (nSPS) is 21.0. The number of amides is 1. The number of carbonyl (C=O) groups is 1. The summed E-state index contributed by atoms with van der Waals surface area (Å²) in [4.78, 5) is 11.4. The summed E-state index contributed by atoms with van der Waals surface area (Å²) in [6.45, 7) is 4.15. The molecule has 0 saturated heterocycles. The van der Waals surface area contributed by atoms with E-state index in [-0.39, 0.29) is 12.7 Å². The first-order valence-corrected chi connectivity index (χ1v) is 5.75. The summed E-state index contributed by atoms with van der Waals surface area (Å²) in [5.74, 6) is 0. The Kier molecular flexibility index (Phi) is 4.39. The minimum Gasteiger partial charge on any atom is -0.448 e. The van der Waals surface area contributed by atoms with Gasteiger partial charge in [-0.1, -0.05) is 19.8 Å². The second-order valence-electron chi connectivity index (χ2n) is 4.71. The second-order valence-corrected chi connectivity index (χ2v) is 4.71. The molecule has 4 heteroatoms. The molecule has 1 rings (SSSR count). The van der Waals surface area contributed by atoms with Crippen LogP contribution in [0, 0.1) is 0 Å². The van der Waals surface area contributed by atoms with Gasteiger partial charge in [0.2, 0.25) is 0 Å². The van der Waals surface area contributed by atoms with Gasteiger partial charge in [0.15, 0.2) is 0 Å². The molecule has 1 atom stereocenters. The molecule has 0 spiro atoms. The van der Waals surface area contributed by atoms with Gasteiger partial charge in [-0.2, -0.15) is 0 Å². The molecule has 15 heavy (non-hydrogen) atoms. The topological polar surface area (TPSA) is 64.3 Å². The van der Waals surface area contributed by atoms with Gasteiger partial charge >= 0.3 is 6.09 Å². The quantitative estimate of drug-likeness (QED) is 0.749. The lowest BCUT2D eigenvalue weighted by molar-refractivity contribution is 0.116. The van der Waals surface area contributed by atoms with E-state index >= 15 is 0 Å². The van der Waals surface area contributed by atoms with Gasteiger partial charge < -0.3 is 15.8 Å². The van der Waals surface area contributed by atoms with Gasteiger partial charge in [-0.3, -0.25) is 0 Å². The van der Waals surface area contributed by atoms with Gasteiger partial charge in [-0.25, -0.2) is 4.79 Å². The van der Waals surface area contributed by atoms with Crippen molar-refractivity contribution in [3.05, 3.63) is 0 Å². The molecular formula is C11H22N2O2. The lowest BCUT2D eigenvalue weighted by Gasteiger charge is -2.22. The molecule has 1 unspecified atom stereocenters. The minimum atomic E-state index is -0.410. The van der Waals surface area contributed by atoms with Crippen molar-refractivity contribution < 1.29 is 9.53 Å². The van der Waals surface area contributed by atoms with Crippen LogP contribution in [0.5, 0.6) is 0 Å². The molecule has 0 bridgehead atoms. The van der Waals surface area contributed by atoms with Gasteiger partial charge in [0.1, 0.15) is 6.61 Å². The number of nitrogens with two attached hydrogens (primary N) is 1. The molecule has 0 radical (unpaired) electrons. The molecule has 0 aromatic rings. The summed E-state index contributed by atoms with van der Waals surface area (Å²) in [5.41, 5.74) is 5.46. The third kappa shape index (κ3) is 4.51. The average Bonchev–Trinajstić information content (AvgIpc) is 2.68. The van der Waals surface area contributed by atoms with Crippen LogP contribution in [-0.4, -0.2) is 24.3 Å². The van der Waals surface area contributed by atoms with E-state index < -0.39 is 5.54 Å². The minimum absolute atomic E-state index is 0.280. The van der Waals surface area contributed by atoms with E-state index in [0.717, 1.165) is 19.3 Å². The first kappa shape index (κ1) is 12.3. The Labute approximate surface area is 91.5 Å². The molecule has 0 heterocycles. The van der Waals surface area contributed by atoms with E-state index in [0.29, 0.717) is 6.04 Å². The number of nitrogens with one attached hydrogen (secondary N) is 1. The second kappa shape index (κ2) is 5.35. The first-order chi connectivity index (χ1) is 7.03. The summed E-state index contributed by atoms with van der Waals surface area (Å²) < 4.78 is 5.08. The SMILES string of the molecule is CCC(C)(N)COC(=O)NC1CCCC1. The maximum Gasteiger partial charge on any atom is 0.407 e. The van der Waals surface area contributed by atoms with E-state index in [2.05, 4.69) is 5.32 Å². The predicted octanol–water partition coefficient (Wildman–Crippen LogP) is 1.78. The smallest absolute Gasteiger partial charge is 0.407 e. The molecule has 1 amide bonds. The van der Waals surface area contributed by atoms with Gasteiger partial charge in [0, 0.05) is 11.6 Å². The van der Waals surface area contributed by atoms with Crippen molar-refractivity contribution in [3.63, 3.8) is 0 Å². The highest BCUT2D eigenvalue weighted by molar-refractivity contribution is 5.67. The zero-order valence-corrected chi connectivity index (χ0v) is 9.71. The van der Waals surface area contributed by atoms with Crippen LogP contribution >= 0.6 is 0 Å². The molecule has 0 aromatic heterocycles. The van der Waals surface area contributed by atoms with Crippen molar-refractivity contribution in [3.8, 4) is 0 Å². The van der Waals surface area contributed by atoms with E-state index in [9.17, 15) is 4.79 Å². The number of carbonyl (C=O) groups excluding carboxylic acids is 1. The summed E-state index contributed by atoms with van der Waals surface area (Å²) in [5, 5.41) is 2.86. The van der Waals surface area contributed by atoms with Crippen LogP contribution in [0.1, 0.15) is 46.0 Å². The van der Waals surface area contributed by atoms with Crippen molar-refractivity contribution in [1.82, 2.24) is 5.32 Å². The molecular weight excluding hydrogens is 192 g/mol. The maximum absolute atomic E-state index is 11.4. The fourth-order valence-corrected chi connectivity index (χ4v) is 1.61. The predicted molar refractivity (Wildman–Crippen MR) is 59.6 cm³/mol. The van der Waals surface area contributed by atoms with Gasteiger partial charge in [-0.05, 0) is 26.2 Å². The molecule has 1 fully saturated rings. The van der Waals surface area contributed by atoms with Gasteiger partial charge in [-0.15, -0.1) is 0 Å². The molecule has 0 aliphatic heterocycles. The Morgan fingerprint density at radius 2 is 2.13 bits per heavy atom. The Hall–Kier alpha value is -0.770. The van der Waals surface area contributed by atoms with E-state index in [1.165, 1.54) is 12.8 Å². The fraction of sp³-hybridized carbons (Fsp3) is 0.909. The molecule has 1 aliphatic rings. The van der Waals surface area contributed by atoms with Crippen LogP contribution in [0.4, 0.5) is 4.79 Å². The molecule has 0 aromatic carbocycles. The molecule has 1 saturated carbocycles. The van der Waals surface area contributed by atoms with E-state index in [1.807, 2.05) is 13.8 Å². The summed E-state index contributed by atoms with van der Waals surface area (Å²) in [6.07, 6.45) is 5.02. The standard InChI is InChI=1S/C11H22N2O2/c1-3-11(2,12)8-15-10(14)13-9-6-4-5-7-9/h9H,3-8,12H2,1-2H3,(H,13,14). The van der Waals surface area contributed by atoms with Crippen molar-refractivity contribution in [2.75, 3.05) is 6.61 Å². The highest BCUT2D eigenvalue weighted by atomic mass is 16.5. The summed E-state index contributed by atoms with van der Waals surface area (Å²) >= 11 is 0. The Morgan fingerprint density at radius 3 is 2.67 bits per heavy atom. The van der Waals surface area contributed by atoms with Gasteiger partial charge in [0.05, 0.1) is 0 Å². The number of hydrogen-bond donors (Lipinski definition) is 2. The van der Waals surface area contributed by atoms with Crippen LogP contribution in [0.25, 0.3) is 0 Å². The fourth-order valence-electron chi connectivity index (χ4n) is 1.61. The first-order valence-electron chi connectivity index (χ1n) is 5.75. The van der Waals surface area contributed by atoms with Crippen LogP contribution < -0.4 is 11.1 Å². The number of rotatable bonds is 4. The average molecular weight is 214 g/mol. The number of alkyl carbamates (subject to hydrolysis) is 1. The molecule has 3 N–H and O–H groups in total. The van der Waals surface area contributed by atoms with Crippen LogP contribution in [-0.2, 0) is 4.74 Å². The lowest BCUT2D eigenvalue weighted by atomic mass is 10.0. The zero-order chi connectivity index (χ0) is 11.3. The summed E-state index contributed by atoms with van der Waals surface area (Å²) in [6, 6.07) is 0.308. The highest BCUT2D eigenvalue weighted by Gasteiger charge is 2.21.